The van der Waals surface area contributed by atoms with E-state index in [1.165, 1.54) is 11.6 Å². The summed E-state index contributed by atoms with van der Waals surface area (Å²) in [6, 6.07) is 6.91. The Labute approximate surface area is 178 Å². The number of hydrogen-bond donors (Lipinski definition) is 2. The first-order valence-electron chi connectivity index (χ1n) is 9.72. The average Bonchev–Trinajstić information content (AvgIpc) is 3.08. The first-order valence-corrected chi connectivity index (χ1v) is 10.1. The van der Waals surface area contributed by atoms with Gasteiger partial charge in [-0.15, -0.1) is 0 Å². The molecule has 0 saturated heterocycles. The van der Waals surface area contributed by atoms with Gasteiger partial charge in [0.2, 0.25) is 5.95 Å². The predicted octanol–water partition coefficient (Wildman–Crippen LogP) is 1.74. The maximum atomic E-state index is 12.8. The van der Waals surface area contributed by atoms with E-state index in [2.05, 4.69) is 10.3 Å². The Hall–Kier alpha value is -2.78. The van der Waals surface area contributed by atoms with Gasteiger partial charge in [0.05, 0.1) is 6.54 Å². The number of aliphatic hydroxyl groups excluding tert-OH is 1. The van der Waals surface area contributed by atoms with E-state index < -0.39 is 17.4 Å². The van der Waals surface area contributed by atoms with Crippen LogP contribution in [-0.2, 0) is 20.6 Å². The Morgan fingerprint density at radius 1 is 1.20 bits per heavy atom. The Kier molecular flexibility index (Phi) is 6.52. The van der Waals surface area contributed by atoms with Crippen molar-refractivity contribution in [1.82, 2.24) is 18.7 Å². The normalized spacial score (nSPS) is 13.4. The molecule has 3 aromatic rings. The topological polar surface area (TPSA) is 103 Å². The number of imidazole rings is 1. The van der Waals surface area contributed by atoms with Crippen LogP contribution in [0.5, 0.6) is 5.75 Å². The van der Waals surface area contributed by atoms with Crippen molar-refractivity contribution in [2.75, 3.05) is 11.9 Å². The van der Waals surface area contributed by atoms with Crippen LogP contribution in [0.25, 0.3) is 11.2 Å². The molecule has 0 aliphatic rings. The molecule has 0 radical (unpaired) electrons. The maximum Gasteiger partial charge on any atom is 0.332 e. The molecule has 9 nitrogen and oxygen atoms in total. The van der Waals surface area contributed by atoms with Crippen molar-refractivity contribution in [3.05, 3.63) is 50.1 Å². The van der Waals surface area contributed by atoms with E-state index in [9.17, 15) is 14.7 Å². The van der Waals surface area contributed by atoms with E-state index in [1.807, 2.05) is 13.8 Å². The molecule has 0 aliphatic heterocycles. The number of aryl methyl sites for hydroxylation is 1. The summed E-state index contributed by atoms with van der Waals surface area (Å²) in [5.41, 5.74) is -0.418. The summed E-state index contributed by atoms with van der Waals surface area (Å²) in [6.45, 7) is 4.08. The monoisotopic (exact) mass is 435 g/mol. The highest BCUT2D eigenvalue weighted by atomic mass is 35.5. The van der Waals surface area contributed by atoms with E-state index in [1.54, 1.807) is 35.9 Å². The van der Waals surface area contributed by atoms with Crippen LogP contribution in [0.3, 0.4) is 0 Å². The first kappa shape index (κ1) is 21.9. The molecule has 2 atom stereocenters. The summed E-state index contributed by atoms with van der Waals surface area (Å²) in [5.74, 6) is 0.994. The van der Waals surface area contributed by atoms with Gasteiger partial charge >= 0.3 is 5.69 Å². The van der Waals surface area contributed by atoms with E-state index in [0.717, 1.165) is 11.0 Å². The van der Waals surface area contributed by atoms with Crippen molar-refractivity contribution >= 4 is 28.7 Å². The van der Waals surface area contributed by atoms with Crippen LogP contribution in [0.2, 0.25) is 5.02 Å². The van der Waals surface area contributed by atoms with Gasteiger partial charge in [0.15, 0.2) is 11.2 Å². The quantitative estimate of drug-likeness (QED) is 0.558. The molecular formula is C20H26ClN5O4. The number of ether oxygens (including phenoxy) is 1. The second-order valence-corrected chi connectivity index (χ2v) is 7.73. The van der Waals surface area contributed by atoms with Crippen molar-refractivity contribution in [1.29, 1.82) is 0 Å². The molecule has 162 valence electrons. The highest BCUT2D eigenvalue weighted by Gasteiger charge is 2.22. The van der Waals surface area contributed by atoms with Crippen molar-refractivity contribution in [2.24, 2.45) is 14.1 Å². The summed E-state index contributed by atoms with van der Waals surface area (Å²) in [6.07, 6.45) is -0.0833. The van der Waals surface area contributed by atoms with Gasteiger partial charge in [-0.1, -0.05) is 18.5 Å². The Morgan fingerprint density at radius 3 is 2.50 bits per heavy atom. The predicted molar refractivity (Wildman–Crippen MR) is 117 cm³/mol. The van der Waals surface area contributed by atoms with Crippen LogP contribution in [0, 0.1) is 0 Å². The zero-order valence-corrected chi connectivity index (χ0v) is 18.2. The summed E-state index contributed by atoms with van der Waals surface area (Å²) in [4.78, 5) is 29.6. The second-order valence-electron chi connectivity index (χ2n) is 7.30. The molecule has 0 saturated carbocycles. The Balaban J connectivity index is 1.95. The third-order valence-corrected chi connectivity index (χ3v) is 5.24. The Morgan fingerprint density at radius 2 is 1.87 bits per heavy atom. The molecule has 0 fully saturated rings. The van der Waals surface area contributed by atoms with Crippen LogP contribution in [0.15, 0.2) is 33.9 Å². The number of rotatable bonds is 8. The van der Waals surface area contributed by atoms with E-state index >= 15 is 0 Å². The van der Waals surface area contributed by atoms with E-state index in [-0.39, 0.29) is 30.4 Å². The second kappa shape index (κ2) is 8.93. The standard InChI is InChI=1S/C20H26ClN5O4/c1-5-12(2)22-19-23-17-16(18(28)25(4)20(29)24(17)3)26(19)10-14(27)11-30-15-8-6-13(21)7-9-15/h6-9,12,14,27H,5,10-11H2,1-4H3,(H,22,23). The van der Waals surface area contributed by atoms with Crippen LogP contribution >= 0.6 is 11.6 Å². The third kappa shape index (κ3) is 4.36. The van der Waals surface area contributed by atoms with Crippen LogP contribution in [0.4, 0.5) is 5.95 Å². The van der Waals surface area contributed by atoms with Gasteiger partial charge in [0, 0.05) is 25.2 Å². The number of hydrogen-bond acceptors (Lipinski definition) is 6. The zero-order chi connectivity index (χ0) is 22.0. The molecular weight excluding hydrogens is 410 g/mol. The van der Waals surface area contributed by atoms with Gasteiger partial charge in [-0.05, 0) is 37.6 Å². The fourth-order valence-electron chi connectivity index (χ4n) is 3.04. The minimum atomic E-state index is -0.919. The highest BCUT2D eigenvalue weighted by Crippen LogP contribution is 2.19. The lowest BCUT2D eigenvalue weighted by Crippen LogP contribution is -2.38. The fraction of sp³-hybridized carbons (Fsp3) is 0.450. The average molecular weight is 436 g/mol. The third-order valence-electron chi connectivity index (χ3n) is 4.99. The molecule has 1 aromatic carbocycles. The molecule has 0 aliphatic carbocycles. The number of fused-ring (bicyclic) bond motifs is 1. The molecule has 3 rings (SSSR count). The van der Waals surface area contributed by atoms with Gasteiger partial charge in [0.25, 0.3) is 5.56 Å². The van der Waals surface area contributed by atoms with Crippen molar-refractivity contribution in [2.45, 2.75) is 39.0 Å². The van der Waals surface area contributed by atoms with Crippen LogP contribution in [-0.4, -0.2) is 42.5 Å². The lowest BCUT2D eigenvalue weighted by atomic mass is 10.3. The van der Waals surface area contributed by atoms with E-state index in [4.69, 9.17) is 16.3 Å². The van der Waals surface area contributed by atoms with E-state index in [0.29, 0.717) is 16.7 Å². The maximum absolute atomic E-state index is 12.8. The lowest BCUT2D eigenvalue weighted by molar-refractivity contribution is 0.0938. The number of nitrogens with one attached hydrogen (secondary N) is 1. The smallest absolute Gasteiger partial charge is 0.332 e. The van der Waals surface area contributed by atoms with Gasteiger partial charge in [-0.25, -0.2) is 4.79 Å². The summed E-state index contributed by atoms with van der Waals surface area (Å²) in [7, 11) is 2.98. The lowest BCUT2D eigenvalue weighted by Gasteiger charge is -2.18. The molecule has 0 amide bonds. The zero-order valence-electron chi connectivity index (χ0n) is 17.4. The molecule has 30 heavy (non-hydrogen) atoms. The summed E-state index contributed by atoms with van der Waals surface area (Å²) < 4.78 is 9.59. The number of aromatic nitrogens is 4. The molecule has 2 unspecified atom stereocenters. The molecule has 2 aromatic heterocycles. The van der Waals surface area contributed by atoms with Gasteiger partial charge in [-0.2, -0.15) is 4.98 Å². The summed E-state index contributed by atoms with van der Waals surface area (Å²) >= 11 is 5.87. The summed E-state index contributed by atoms with van der Waals surface area (Å²) in [5, 5.41) is 14.4. The number of benzene rings is 1. The number of aliphatic hydroxyl groups is 1. The Bertz CT molecular complexity index is 1150. The molecule has 2 heterocycles. The molecule has 10 heteroatoms. The fourth-order valence-corrected chi connectivity index (χ4v) is 3.17. The van der Waals surface area contributed by atoms with Crippen molar-refractivity contribution in [3.8, 4) is 5.75 Å². The van der Waals surface area contributed by atoms with Gasteiger partial charge in [0.1, 0.15) is 18.5 Å². The molecule has 0 spiro atoms. The van der Waals surface area contributed by atoms with Crippen LogP contribution < -0.4 is 21.3 Å². The van der Waals surface area contributed by atoms with Gasteiger partial charge < -0.3 is 19.7 Å². The molecule has 0 bridgehead atoms. The van der Waals surface area contributed by atoms with Crippen molar-refractivity contribution in [3.63, 3.8) is 0 Å². The minimum absolute atomic E-state index is 0.0101. The highest BCUT2D eigenvalue weighted by molar-refractivity contribution is 6.30. The minimum Gasteiger partial charge on any atom is -0.491 e. The first-order chi connectivity index (χ1) is 14.2. The SMILES string of the molecule is CCC(C)Nc1nc2c(c(=O)n(C)c(=O)n2C)n1CC(O)COc1ccc(Cl)cc1. The van der Waals surface area contributed by atoms with Crippen LogP contribution in [0.1, 0.15) is 20.3 Å². The van der Waals surface area contributed by atoms with Gasteiger partial charge in [-0.3, -0.25) is 13.9 Å². The number of nitrogens with zero attached hydrogens (tertiary/aromatic N) is 4. The van der Waals surface area contributed by atoms with Crippen molar-refractivity contribution < 1.29 is 9.84 Å². The number of anilines is 1. The molecule has 2 N–H and O–H groups in total. The largest absolute Gasteiger partial charge is 0.491 e. The number of halogens is 1.